The van der Waals surface area contributed by atoms with Crippen molar-refractivity contribution in [3.05, 3.63) is 70.9 Å². The van der Waals surface area contributed by atoms with Gasteiger partial charge in [0.25, 0.3) is 5.91 Å². The first-order chi connectivity index (χ1) is 14.0. The SMILES string of the molecule is CC1c2ncc(-c3cccnc3F)n2CCN1C(=O)c1cc2ccc(Br)cn2n1. The Morgan fingerprint density at radius 3 is 2.93 bits per heavy atom. The first kappa shape index (κ1) is 18.0. The van der Waals surface area contributed by atoms with Gasteiger partial charge >= 0.3 is 0 Å². The largest absolute Gasteiger partial charge is 0.326 e. The monoisotopic (exact) mass is 454 g/mol. The van der Waals surface area contributed by atoms with E-state index in [1.165, 1.54) is 6.20 Å². The average molecular weight is 455 g/mol. The standard InChI is InChI=1S/C20H16BrFN6O/c1-12-19-24-10-17(15-3-2-6-23-18(15)22)27(19)8-7-26(12)20(29)16-9-14-5-4-13(21)11-28(14)25-16/h2-6,9-12H,7-8H2,1H3. The molecule has 4 aromatic rings. The molecule has 0 radical (unpaired) electrons. The molecule has 1 aliphatic rings. The fourth-order valence-electron chi connectivity index (χ4n) is 3.78. The van der Waals surface area contributed by atoms with Crippen molar-refractivity contribution >= 4 is 27.4 Å². The molecule has 1 aliphatic heterocycles. The van der Waals surface area contributed by atoms with E-state index in [1.54, 1.807) is 33.8 Å². The van der Waals surface area contributed by atoms with Crippen molar-refractivity contribution in [2.75, 3.05) is 6.54 Å². The second kappa shape index (κ2) is 6.77. The van der Waals surface area contributed by atoms with Crippen LogP contribution in [-0.4, -0.2) is 41.5 Å². The Hall–Kier alpha value is -3.07. The van der Waals surface area contributed by atoms with Crippen molar-refractivity contribution < 1.29 is 9.18 Å². The topological polar surface area (TPSA) is 68.3 Å². The number of carbonyl (C=O) groups excluding carboxylic acids is 1. The van der Waals surface area contributed by atoms with Crippen LogP contribution in [0.25, 0.3) is 16.8 Å². The van der Waals surface area contributed by atoms with E-state index >= 15 is 0 Å². The summed E-state index contributed by atoms with van der Waals surface area (Å²) in [5, 5.41) is 4.41. The van der Waals surface area contributed by atoms with Crippen molar-refractivity contribution in [3.8, 4) is 11.3 Å². The lowest BCUT2D eigenvalue weighted by atomic mass is 10.1. The number of halogens is 2. The molecule has 0 aromatic carbocycles. The maximum absolute atomic E-state index is 14.1. The van der Waals surface area contributed by atoms with E-state index in [0.29, 0.717) is 30.0 Å². The number of hydrogen-bond acceptors (Lipinski definition) is 4. The normalized spacial score (nSPS) is 16.2. The van der Waals surface area contributed by atoms with Gasteiger partial charge in [-0.2, -0.15) is 9.49 Å². The summed E-state index contributed by atoms with van der Waals surface area (Å²) in [4.78, 5) is 23.1. The van der Waals surface area contributed by atoms with Gasteiger partial charge in [-0.1, -0.05) is 0 Å². The van der Waals surface area contributed by atoms with Crippen LogP contribution in [0.3, 0.4) is 0 Å². The lowest BCUT2D eigenvalue weighted by molar-refractivity contribution is 0.0632. The number of imidazole rings is 1. The fraction of sp³-hybridized carbons (Fsp3) is 0.200. The molecule has 5 rings (SSSR count). The van der Waals surface area contributed by atoms with Crippen molar-refractivity contribution in [2.24, 2.45) is 0 Å². The summed E-state index contributed by atoms with van der Waals surface area (Å²) in [5.74, 6) is 0.0345. The molecule has 0 saturated carbocycles. The number of fused-ring (bicyclic) bond motifs is 2. The molecule has 1 amide bonds. The van der Waals surface area contributed by atoms with Crippen molar-refractivity contribution in [3.63, 3.8) is 0 Å². The Balaban J connectivity index is 1.47. The Kier molecular flexibility index (Phi) is 4.20. The molecule has 0 saturated heterocycles. The Bertz CT molecular complexity index is 1250. The Morgan fingerprint density at radius 1 is 1.24 bits per heavy atom. The van der Waals surface area contributed by atoms with Gasteiger partial charge in [-0.3, -0.25) is 4.79 Å². The van der Waals surface area contributed by atoms with Crippen LogP contribution in [0.5, 0.6) is 0 Å². The van der Waals surface area contributed by atoms with Crippen LogP contribution in [0.15, 0.2) is 53.4 Å². The van der Waals surface area contributed by atoms with E-state index < -0.39 is 5.95 Å². The molecule has 4 aromatic heterocycles. The third kappa shape index (κ3) is 2.93. The minimum absolute atomic E-state index is 0.152. The van der Waals surface area contributed by atoms with Crippen LogP contribution in [0.1, 0.15) is 29.3 Å². The van der Waals surface area contributed by atoms with E-state index in [9.17, 15) is 9.18 Å². The first-order valence-corrected chi connectivity index (χ1v) is 9.94. The van der Waals surface area contributed by atoms with Gasteiger partial charge in [0, 0.05) is 30.0 Å². The lowest BCUT2D eigenvalue weighted by Crippen LogP contribution is -2.41. The van der Waals surface area contributed by atoms with Crippen LogP contribution >= 0.6 is 15.9 Å². The van der Waals surface area contributed by atoms with Gasteiger partial charge in [0.15, 0.2) is 5.69 Å². The number of aromatic nitrogens is 5. The molecule has 9 heteroatoms. The molecule has 7 nitrogen and oxygen atoms in total. The van der Waals surface area contributed by atoms with E-state index in [-0.39, 0.29) is 11.9 Å². The fourth-order valence-corrected chi connectivity index (χ4v) is 4.11. The number of hydrogen-bond donors (Lipinski definition) is 0. The van der Waals surface area contributed by atoms with Crippen LogP contribution in [0, 0.1) is 5.95 Å². The molecule has 1 atom stereocenters. The second-order valence-corrected chi connectivity index (χ2v) is 7.83. The maximum atomic E-state index is 14.1. The zero-order valence-electron chi connectivity index (χ0n) is 15.5. The molecular weight excluding hydrogens is 439 g/mol. The molecule has 29 heavy (non-hydrogen) atoms. The van der Waals surface area contributed by atoms with Gasteiger partial charge in [0.1, 0.15) is 5.82 Å². The van der Waals surface area contributed by atoms with Gasteiger partial charge in [-0.05, 0) is 53.2 Å². The molecule has 5 heterocycles. The van der Waals surface area contributed by atoms with E-state index in [0.717, 1.165) is 15.8 Å². The lowest BCUT2D eigenvalue weighted by Gasteiger charge is -2.34. The van der Waals surface area contributed by atoms with Gasteiger partial charge in [0.05, 0.1) is 29.0 Å². The molecule has 0 fully saturated rings. The van der Waals surface area contributed by atoms with Crippen LogP contribution in [0.4, 0.5) is 4.39 Å². The summed E-state index contributed by atoms with van der Waals surface area (Å²) in [6, 6.07) is 8.70. The quantitative estimate of drug-likeness (QED) is 0.433. The van der Waals surface area contributed by atoms with Gasteiger partial charge in [0.2, 0.25) is 5.95 Å². The summed E-state index contributed by atoms with van der Waals surface area (Å²) >= 11 is 3.41. The number of pyridine rings is 2. The second-order valence-electron chi connectivity index (χ2n) is 6.92. The molecule has 1 unspecified atom stereocenters. The zero-order chi connectivity index (χ0) is 20.1. The molecule has 146 valence electrons. The zero-order valence-corrected chi connectivity index (χ0v) is 17.0. The molecule has 0 spiro atoms. The third-order valence-electron chi connectivity index (χ3n) is 5.23. The number of amides is 1. The molecule has 0 bridgehead atoms. The number of carbonyl (C=O) groups is 1. The van der Waals surface area contributed by atoms with Gasteiger partial charge < -0.3 is 9.47 Å². The highest BCUT2D eigenvalue weighted by molar-refractivity contribution is 9.10. The van der Waals surface area contributed by atoms with Gasteiger partial charge in [-0.15, -0.1) is 0 Å². The van der Waals surface area contributed by atoms with Crippen molar-refractivity contribution in [1.29, 1.82) is 0 Å². The van der Waals surface area contributed by atoms with Crippen molar-refractivity contribution in [2.45, 2.75) is 19.5 Å². The van der Waals surface area contributed by atoms with Crippen LogP contribution in [0.2, 0.25) is 0 Å². The minimum atomic E-state index is -0.530. The van der Waals surface area contributed by atoms with E-state index in [1.807, 2.05) is 29.8 Å². The molecule has 0 N–H and O–H groups in total. The molecular formula is C20H16BrFN6O. The molecule has 0 aliphatic carbocycles. The summed E-state index contributed by atoms with van der Waals surface area (Å²) in [6.45, 7) is 2.93. The predicted octanol–water partition coefficient (Wildman–Crippen LogP) is 3.71. The van der Waals surface area contributed by atoms with E-state index in [4.69, 9.17) is 0 Å². The van der Waals surface area contributed by atoms with Crippen molar-refractivity contribution in [1.82, 2.24) is 29.0 Å². The Morgan fingerprint density at radius 2 is 2.10 bits per heavy atom. The highest BCUT2D eigenvalue weighted by Crippen LogP contribution is 2.31. The summed E-state index contributed by atoms with van der Waals surface area (Å²) < 4.78 is 18.7. The van der Waals surface area contributed by atoms with E-state index in [2.05, 4.69) is 31.0 Å². The number of nitrogens with zero attached hydrogens (tertiary/aromatic N) is 6. The smallest absolute Gasteiger partial charge is 0.275 e. The van der Waals surface area contributed by atoms with Crippen LogP contribution < -0.4 is 0 Å². The predicted molar refractivity (Wildman–Crippen MR) is 108 cm³/mol. The Labute approximate surface area is 173 Å². The number of rotatable bonds is 2. The first-order valence-electron chi connectivity index (χ1n) is 9.15. The summed E-state index contributed by atoms with van der Waals surface area (Å²) in [5.41, 5.74) is 2.30. The summed E-state index contributed by atoms with van der Waals surface area (Å²) in [6.07, 6.45) is 4.87. The third-order valence-corrected chi connectivity index (χ3v) is 5.70. The highest BCUT2D eigenvalue weighted by atomic mass is 79.9. The van der Waals surface area contributed by atoms with Gasteiger partial charge in [-0.25, -0.2) is 14.5 Å². The highest BCUT2D eigenvalue weighted by Gasteiger charge is 2.32. The van der Waals surface area contributed by atoms with Crippen LogP contribution in [-0.2, 0) is 6.54 Å². The summed E-state index contributed by atoms with van der Waals surface area (Å²) in [7, 11) is 0. The minimum Gasteiger partial charge on any atom is -0.326 e. The maximum Gasteiger partial charge on any atom is 0.275 e. The average Bonchev–Trinajstić information content (AvgIpc) is 3.32.